The Balaban J connectivity index is 1.66. The number of aromatic amines is 1. The van der Waals surface area contributed by atoms with Gasteiger partial charge in [-0.25, -0.2) is 4.39 Å². The molecule has 5 nitrogen and oxygen atoms in total. The van der Waals surface area contributed by atoms with E-state index in [0.717, 1.165) is 49.5 Å². The molecule has 0 saturated carbocycles. The molecule has 0 bridgehead atoms. The fourth-order valence-electron chi connectivity index (χ4n) is 3.43. The molecule has 3 rings (SSSR count). The summed E-state index contributed by atoms with van der Waals surface area (Å²) in [5, 5.41) is 14.2. The molecule has 3 N–H and O–H groups in total. The average Bonchev–Trinajstić information content (AvgIpc) is 3.02. The minimum Gasteiger partial charge on any atom is -0.494 e. The van der Waals surface area contributed by atoms with Crippen LogP contribution in [0.2, 0.25) is 0 Å². The van der Waals surface area contributed by atoms with Gasteiger partial charge in [-0.15, -0.1) is 0 Å². The van der Waals surface area contributed by atoms with Crippen LogP contribution in [0, 0.1) is 12.7 Å². The monoisotopic (exact) mass is 396 g/mol. The van der Waals surface area contributed by atoms with Crippen LogP contribution in [0.1, 0.15) is 31.4 Å². The van der Waals surface area contributed by atoms with Gasteiger partial charge in [0.15, 0.2) is 5.88 Å². The van der Waals surface area contributed by atoms with Gasteiger partial charge in [-0.2, -0.15) is 0 Å². The van der Waals surface area contributed by atoms with Gasteiger partial charge >= 0.3 is 0 Å². The number of H-pyrrole nitrogens is 1. The van der Waals surface area contributed by atoms with Gasteiger partial charge < -0.3 is 20.3 Å². The maximum Gasteiger partial charge on any atom is 0.198 e. The molecule has 0 unspecified atom stereocenters. The van der Waals surface area contributed by atoms with E-state index in [2.05, 4.69) is 34.0 Å². The van der Waals surface area contributed by atoms with Crippen LogP contribution >= 0.6 is 0 Å². The molecule has 0 spiro atoms. The molecule has 0 radical (unpaired) electrons. The van der Waals surface area contributed by atoms with Gasteiger partial charge in [0.05, 0.1) is 11.3 Å². The maximum atomic E-state index is 13.5. The van der Waals surface area contributed by atoms with Crippen LogP contribution in [0.25, 0.3) is 10.9 Å². The predicted molar refractivity (Wildman–Crippen MR) is 119 cm³/mol. The standard InChI is InChI=1S/C23H29FN4O/c1-4-28(5-2)12-6-11-25-21-10-8-18(13-16(21)3)26-15-20-19-14-17(24)7-9-22(19)27-23(20)29/h7-10,13-15,25,27,29H,4-6,11-12H2,1-3H3. The van der Waals surface area contributed by atoms with Crippen molar-refractivity contribution in [1.82, 2.24) is 9.88 Å². The molecule has 0 atom stereocenters. The molecule has 0 aliphatic rings. The lowest BCUT2D eigenvalue weighted by Crippen LogP contribution is -2.25. The molecule has 1 heterocycles. The van der Waals surface area contributed by atoms with Crippen molar-refractivity contribution < 1.29 is 9.50 Å². The molecule has 29 heavy (non-hydrogen) atoms. The number of aromatic nitrogens is 1. The van der Waals surface area contributed by atoms with Crippen molar-refractivity contribution in [3.8, 4) is 5.88 Å². The van der Waals surface area contributed by atoms with Crippen molar-refractivity contribution in [1.29, 1.82) is 0 Å². The first-order valence-corrected chi connectivity index (χ1v) is 10.1. The van der Waals surface area contributed by atoms with Crippen molar-refractivity contribution in [2.75, 3.05) is 31.5 Å². The zero-order chi connectivity index (χ0) is 20.8. The summed E-state index contributed by atoms with van der Waals surface area (Å²) < 4.78 is 13.5. The molecule has 6 heteroatoms. The van der Waals surface area contributed by atoms with Crippen LogP contribution in [-0.4, -0.2) is 47.4 Å². The third kappa shape index (κ3) is 5.15. The predicted octanol–water partition coefficient (Wildman–Crippen LogP) is 5.22. The zero-order valence-electron chi connectivity index (χ0n) is 17.3. The lowest BCUT2D eigenvalue weighted by atomic mass is 10.1. The largest absolute Gasteiger partial charge is 0.494 e. The lowest BCUT2D eigenvalue weighted by molar-refractivity contribution is 0.303. The highest BCUT2D eigenvalue weighted by atomic mass is 19.1. The van der Waals surface area contributed by atoms with E-state index >= 15 is 0 Å². The number of aliphatic imine (C=N–C) groups is 1. The number of hydrogen-bond donors (Lipinski definition) is 3. The second-order valence-electron chi connectivity index (χ2n) is 7.14. The molecule has 0 saturated heterocycles. The number of hydrogen-bond acceptors (Lipinski definition) is 4. The molecular weight excluding hydrogens is 367 g/mol. The summed E-state index contributed by atoms with van der Waals surface area (Å²) in [6, 6.07) is 10.3. The highest BCUT2D eigenvalue weighted by Gasteiger charge is 2.10. The molecule has 0 amide bonds. The highest BCUT2D eigenvalue weighted by molar-refractivity contribution is 6.02. The van der Waals surface area contributed by atoms with E-state index in [4.69, 9.17) is 0 Å². The Bertz CT molecular complexity index is 992. The van der Waals surface area contributed by atoms with Crippen LogP contribution < -0.4 is 5.32 Å². The van der Waals surface area contributed by atoms with E-state index in [-0.39, 0.29) is 11.7 Å². The van der Waals surface area contributed by atoms with Gasteiger partial charge in [0.25, 0.3) is 0 Å². The van der Waals surface area contributed by atoms with Gasteiger partial charge in [0.1, 0.15) is 5.82 Å². The molecule has 3 aromatic rings. The summed E-state index contributed by atoms with van der Waals surface area (Å²) in [7, 11) is 0. The van der Waals surface area contributed by atoms with Gasteiger partial charge in [0.2, 0.25) is 0 Å². The third-order valence-electron chi connectivity index (χ3n) is 5.19. The Morgan fingerprint density at radius 1 is 1.17 bits per heavy atom. The Kier molecular flexibility index (Phi) is 6.88. The average molecular weight is 397 g/mol. The number of aryl methyl sites for hydroxylation is 1. The van der Waals surface area contributed by atoms with Crippen LogP contribution in [0.15, 0.2) is 41.4 Å². The Morgan fingerprint density at radius 2 is 1.97 bits per heavy atom. The number of aromatic hydroxyl groups is 1. The summed E-state index contributed by atoms with van der Waals surface area (Å²) in [6.07, 6.45) is 2.66. The number of nitrogens with one attached hydrogen (secondary N) is 2. The molecule has 154 valence electrons. The van der Waals surface area contributed by atoms with Gasteiger partial charge in [-0.05, 0) is 74.9 Å². The van der Waals surface area contributed by atoms with Gasteiger partial charge in [-0.1, -0.05) is 13.8 Å². The molecule has 0 aliphatic heterocycles. The Morgan fingerprint density at radius 3 is 2.69 bits per heavy atom. The third-order valence-corrected chi connectivity index (χ3v) is 5.19. The van der Waals surface area contributed by atoms with E-state index in [1.54, 1.807) is 12.3 Å². The van der Waals surface area contributed by atoms with E-state index in [1.165, 1.54) is 12.1 Å². The number of anilines is 1. The number of halogens is 1. The normalized spacial score (nSPS) is 11.8. The van der Waals surface area contributed by atoms with E-state index in [9.17, 15) is 9.50 Å². The topological polar surface area (TPSA) is 63.6 Å². The van der Waals surface area contributed by atoms with Crippen LogP contribution in [0.5, 0.6) is 5.88 Å². The first-order valence-electron chi connectivity index (χ1n) is 10.1. The first kappa shape index (κ1) is 20.9. The second kappa shape index (κ2) is 9.56. The van der Waals surface area contributed by atoms with Crippen molar-refractivity contribution in [3.05, 3.63) is 53.3 Å². The van der Waals surface area contributed by atoms with Gasteiger partial charge in [-0.3, -0.25) is 4.99 Å². The fraction of sp³-hybridized carbons (Fsp3) is 0.348. The number of fused-ring (bicyclic) bond motifs is 1. The second-order valence-corrected chi connectivity index (χ2v) is 7.14. The molecule has 2 aromatic carbocycles. The Labute approximate surface area is 171 Å². The summed E-state index contributed by atoms with van der Waals surface area (Å²) >= 11 is 0. The quantitative estimate of drug-likeness (QED) is 0.343. The number of benzene rings is 2. The van der Waals surface area contributed by atoms with Crippen molar-refractivity contribution in [3.63, 3.8) is 0 Å². The summed E-state index contributed by atoms with van der Waals surface area (Å²) in [5.41, 5.74) is 4.14. The van der Waals surface area contributed by atoms with Crippen molar-refractivity contribution in [2.45, 2.75) is 27.2 Å². The summed E-state index contributed by atoms with van der Waals surface area (Å²) in [5.74, 6) is -0.365. The van der Waals surface area contributed by atoms with E-state index in [1.807, 2.05) is 25.1 Å². The highest BCUT2D eigenvalue weighted by Crippen LogP contribution is 2.27. The smallest absolute Gasteiger partial charge is 0.198 e. The van der Waals surface area contributed by atoms with Crippen LogP contribution in [-0.2, 0) is 0 Å². The zero-order valence-corrected chi connectivity index (χ0v) is 17.3. The van der Waals surface area contributed by atoms with Crippen molar-refractivity contribution >= 4 is 28.5 Å². The molecule has 0 aliphatic carbocycles. The number of nitrogens with zero attached hydrogens (tertiary/aromatic N) is 2. The summed E-state index contributed by atoms with van der Waals surface area (Å²) in [6.45, 7) is 10.6. The molecule has 1 aromatic heterocycles. The lowest BCUT2D eigenvalue weighted by Gasteiger charge is -2.18. The van der Waals surface area contributed by atoms with Crippen LogP contribution in [0.3, 0.4) is 0 Å². The summed E-state index contributed by atoms with van der Waals surface area (Å²) in [4.78, 5) is 9.73. The van der Waals surface area contributed by atoms with E-state index < -0.39 is 0 Å². The molecule has 0 fully saturated rings. The minimum absolute atomic E-state index is 0.0161. The van der Waals surface area contributed by atoms with Crippen molar-refractivity contribution in [2.24, 2.45) is 4.99 Å². The maximum absolute atomic E-state index is 13.5. The minimum atomic E-state index is -0.349. The fourth-order valence-corrected chi connectivity index (χ4v) is 3.43. The van der Waals surface area contributed by atoms with E-state index in [0.29, 0.717) is 16.5 Å². The van der Waals surface area contributed by atoms with Gasteiger partial charge in [0, 0.05) is 29.3 Å². The van der Waals surface area contributed by atoms with Crippen LogP contribution in [0.4, 0.5) is 15.8 Å². The first-order chi connectivity index (χ1) is 14.0. The Hall–Kier alpha value is -2.86. The molecular formula is C23H29FN4O. The number of rotatable bonds is 9. The SMILES string of the molecule is CCN(CC)CCCNc1ccc(N=Cc2c(O)[nH]c3ccc(F)cc23)cc1C.